The zero-order chi connectivity index (χ0) is 20.4. The van der Waals surface area contributed by atoms with Crippen molar-refractivity contribution in [2.24, 2.45) is 10.7 Å². The number of aliphatic imine (C=N–C) groups is 1. The van der Waals surface area contributed by atoms with Crippen molar-refractivity contribution in [3.63, 3.8) is 0 Å². The molecule has 0 spiro atoms. The molecule has 160 valence electrons. The monoisotopic (exact) mass is 513 g/mol. The van der Waals surface area contributed by atoms with E-state index in [2.05, 4.69) is 10.3 Å². The van der Waals surface area contributed by atoms with E-state index in [1.54, 1.807) is 0 Å². The highest BCUT2D eigenvalue weighted by atomic mass is 127. The molecule has 0 saturated heterocycles. The summed E-state index contributed by atoms with van der Waals surface area (Å²) < 4.78 is 16.9. The fraction of sp³-hybridized carbons (Fsp3) is 0.409. The van der Waals surface area contributed by atoms with Crippen molar-refractivity contribution in [3.05, 3.63) is 48.0 Å². The number of hydrogen-bond acceptors (Lipinski definition) is 4. The van der Waals surface area contributed by atoms with Crippen molar-refractivity contribution in [2.75, 3.05) is 25.1 Å². The third kappa shape index (κ3) is 8.81. The zero-order valence-electron chi connectivity index (χ0n) is 17.6. The minimum Gasteiger partial charge on any atom is -0.491 e. The highest BCUT2D eigenvalue weighted by Gasteiger charge is 2.06. The molecule has 0 aliphatic rings. The van der Waals surface area contributed by atoms with Crippen LogP contribution in [0.4, 0.5) is 5.69 Å². The average molecular weight is 513 g/mol. The topological polar surface area (TPSA) is 78.1 Å². The molecule has 0 heterocycles. The van der Waals surface area contributed by atoms with Crippen molar-refractivity contribution >= 4 is 35.6 Å². The second-order valence-corrected chi connectivity index (χ2v) is 6.48. The van der Waals surface area contributed by atoms with Crippen LogP contribution in [0.25, 0.3) is 0 Å². The van der Waals surface area contributed by atoms with Gasteiger partial charge in [-0.25, -0.2) is 0 Å². The number of anilines is 1. The third-order valence-corrected chi connectivity index (χ3v) is 3.79. The first-order valence-corrected chi connectivity index (χ1v) is 9.74. The van der Waals surface area contributed by atoms with Crippen LogP contribution in [-0.4, -0.2) is 31.8 Å². The summed E-state index contributed by atoms with van der Waals surface area (Å²) >= 11 is 0. The van der Waals surface area contributed by atoms with E-state index in [9.17, 15) is 0 Å². The fourth-order valence-electron chi connectivity index (χ4n) is 2.63. The zero-order valence-corrected chi connectivity index (χ0v) is 19.9. The Hall–Kier alpha value is -2.16. The van der Waals surface area contributed by atoms with E-state index in [1.807, 2.05) is 70.2 Å². The Morgan fingerprint density at radius 1 is 1.00 bits per heavy atom. The van der Waals surface area contributed by atoms with E-state index in [1.165, 1.54) is 0 Å². The third-order valence-electron chi connectivity index (χ3n) is 3.79. The second-order valence-electron chi connectivity index (χ2n) is 6.48. The predicted octanol–water partition coefficient (Wildman–Crippen LogP) is 4.86. The maximum absolute atomic E-state index is 5.99. The summed E-state index contributed by atoms with van der Waals surface area (Å²) in [5.41, 5.74) is 7.99. The summed E-state index contributed by atoms with van der Waals surface area (Å²) in [7, 11) is 0. The Labute approximate surface area is 190 Å². The molecule has 7 heteroatoms. The molecule has 0 bridgehead atoms. The van der Waals surface area contributed by atoms with Crippen molar-refractivity contribution in [1.82, 2.24) is 0 Å². The van der Waals surface area contributed by atoms with Gasteiger partial charge in [-0.1, -0.05) is 6.07 Å². The molecule has 0 fully saturated rings. The van der Waals surface area contributed by atoms with Crippen LogP contribution in [0, 0.1) is 0 Å². The molecule has 2 aromatic rings. The summed E-state index contributed by atoms with van der Waals surface area (Å²) in [5.74, 6) is 2.74. The molecule has 0 atom stereocenters. The van der Waals surface area contributed by atoms with Gasteiger partial charge < -0.3 is 25.3 Å². The number of rotatable bonds is 10. The van der Waals surface area contributed by atoms with Gasteiger partial charge >= 0.3 is 0 Å². The van der Waals surface area contributed by atoms with Crippen LogP contribution >= 0.6 is 24.0 Å². The normalized spacial score (nSPS) is 11.0. The largest absolute Gasteiger partial charge is 0.491 e. The van der Waals surface area contributed by atoms with Crippen LogP contribution in [0.2, 0.25) is 0 Å². The summed E-state index contributed by atoms with van der Waals surface area (Å²) in [6.45, 7) is 9.69. The summed E-state index contributed by atoms with van der Waals surface area (Å²) in [6.07, 6.45) is 0.909. The highest BCUT2D eigenvalue weighted by Crippen LogP contribution is 2.28. The molecular weight excluding hydrogens is 481 g/mol. The molecule has 0 aliphatic carbocycles. The van der Waals surface area contributed by atoms with Gasteiger partial charge in [0.1, 0.15) is 5.75 Å². The number of nitrogens with one attached hydrogen (secondary N) is 1. The minimum absolute atomic E-state index is 0. The van der Waals surface area contributed by atoms with Crippen LogP contribution in [0.5, 0.6) is 17.2 Å². The van der Waals surface area contributed by atoms with Gasteiger partial charge in [-0.15, -0.1) is 24.0 Å². The molecule has 0 radical (unpaired) electrons. The van der Waals surface area contributed by atoms with Gasteiger partial charge in [-0.05, 0) is 76.1 Å². The van der Waals surface area contributed by atoms with E-state index in [-0.39, 0.29) is 30.1 Å². The average Bonchev–Trinajstić information content (AvgIpc) is 2.65. The van der Waals surface area contributed by atoms with Gasteiger partial charge in [-0.2, -0.15) is 0 Å². The molecule has 3 N–H and O–H groups in total. The standard InChI is InChI=1S/C22H31N3O3.HI/c1-5-26-20-12-7-17(15-21(20)27-6-2)13-14-24-22(23)25-18-8-10-19(11-9-18)28-16(3)4;/h7-12,15-16H,5-6,13-14H2,1-4H3,(H3,23,24,25);1H. The first-order chi connectivity index (χ1) is 13.5. The van der Waals surface area contributed by atoms with E-state index >= 15 is 0 Å². The fourth-order valence-corrected chi connectivity index (χ4v) is 2.63. The van der Waals surface area contributed by atoms with Crippen LogP contribution in [0.15, 0.2) is 47.5 Å². The van der Waals surface area contributed by atoms with Crippen molar-refractivity contribution in [3.8, 4) is 17.2 Å². The van der Waals surface area contributed by atoms with Gasteiger partial charge in [0.2, 0.25) is 0 Å². The Bertz CT molecular complexity index is 764. The van der Waals surface area contributed by atoms with Gasteiger partial charge in [0.15, 0.2) is 17.5 Å². The summed E-state index contributed by atoms with van der Waals surface area (Å²) in [4.78, 5) is 4.40. The maximum Gasteiger partial charge on any atom is 0.193 e. The Balaban J connectivity index is 0.00000420. The SMILES string of the molecule is CCOc1ccc(CCN=C(N)Nc2ccc(OC(C)C)cc2)cc1OCC.I. The van der Waals surface area contributed by atoms with Gasteiger partial charge in [-0.3, -0.25) is 4.99 Å². The van der Waals surface area contributed by atoms with Gasteiger partial charge in [0, 0.05) is 12.2 Å². The maximum atomic E-state index is 5.99. The number of benzene rings is 2. The number of halogens is 1. The van der Waals surface area contributed by atoms with Crippen LogP contribution < -0.4 is 25.3 Å². The van der Waals surface area contributed by atoms with Crippen LogP contribution in [0.3, 0.4) is 0 Å². The van der Waals surface area contributed by atoms with Gasteiger partial charge in [0.05, 0.1) is 19.3 Å². The van der Waals surface area contributed by atoms with Crippen LogP contribution in [0.1, 0.15) is 33.3 Å². The first-order valence-electron chi connectivity index (χ1n) is 9.74. The Morgan fingerprint density at radius 3 is 2.28 bits per heavy atom. The smallest absolute Gasteiger partial charge is 0.193 e. The number of ether oxygens (including phenoxy) is 3. The molecule has 0 aliphatic heterocycles. The lowest BCUT2D eigenvalue weighted by Gasteiger charge is -2.12. The lowest BCUT2D eigenvalue weighted by atomic mass is 10.1. The molecule has 2 aromatic carbocycles. The quantitative estimate of drug-likeness (QED) is 0.270. The summed E-state index contributed by atoms with van der Waals surface area (Å²) in [5, 5.41) is 3.09. The van der Waals surface area contributed by atoms with Gasteiger partial charge in [0.25, 0.3) is 0 Å². The first kappa shape index (κ1) is 24.9. The number of hydrogen-bond donors (Lipinski definition) is 2. The molecule has 0 saturated carbocycles. The Morgan fingerprint density at radius 2 is 1.66 bits per heavy atom. The van der Waals surface area contributed by atoms with E-state index < -0.39 is 0 Å². The van der Waals surface area contributed by atoms with E-state index in [0.717, 1.165) is 34.9 Å². The second kappa shape index (κ2) is 13.1. The summed E-state index contributed by atoms with van der Waals surface area (Å²) in [6, 6.07) is 13.6. The molecule has 2 rings (SSSR count). The molecule has 29 heavy (non-hydrogen) atoms. The highest BCUT2D eigenvalue weighted by molar-refractivity contribution is 14.0. The minimum atomic E-state index is 0. The van der Waals surface area contributed by atoms with E-state index in [0.29, 0.717) is 25.7 Å². The molecule has 0 unspecified atom stereocenters. The van der Waals surface area contributed by atoms with Crippen molar-refractivity contribution < 1.29 is 14.2 Å². The molecule has 0 aromatic heterocycles. The lowest BCUT2D eigenvalue weighted by molar-refractivity contribution is 0.242. The Kier molecular flexibility index (Phi) is 11.3. The van der Waals surface area contributed by atoms with Crippen LogP contribution in [-0.2, 0) is 6.42 Å². The predicted molar refractivity (Wildman–Crippen MR) is 130 cm³/mol. The van der Waals surface area contributed by atoms with E-state index in [4.69, 9.17) is 19.9 Å². The lowest BCUT2D eigenvalue weighted by Crippen LogP contribution is -2.23. The molecule has 6 nitrogen and oxygen atoms in total. The number of nitrogens with zero attached hydrogens (tertiary/aromatic N) is 1. The molecule has 0 amide bonds. The van der Waals surface area contributed by atoms with Crippen molar-refractivity contribution in [1.29, 1.82) is 0 Å². The number of guanidine groups is 1. The molecular formula is C22H32IN3O3. The van der Waals surface area contributed by atoms with Crippen molar-refractivity contribution in [2.45, 2.75) is 40.2 Å². The number of nitrogens with two attached hydrogens (primary N) is 1.